The lowest BCUT2D eigenvalue weighted by Crippen LogP contribution is -2.54. The Morgan fingerprint density at radius 2 is 1.53 bits per heavy atom. The molecule has 1 spiro atoms. The molecular weight excluding hydrogens is 541 g/mol. The lowest BCUT2D eigenvalue weighted by Gasteiger charge is -2.38. The molecule has 210 valence electrons. The summed E-state index contributed by atoms with van der Waals surface area (Å²) in [6, 6.07) is 1.28. The van der Waals surface area contributed by atoms with Gasteiger partial charge in [-0.25, -0.2) is 4.79 Å². The van der Waals surface area contributed by atoms with E-state index in [0.717, 1.165) is 19.5 Å². The van der Waals surface area contributed by atoms with Crippen molar-refractivity contribution in [3.8, 4) is 0 Å². The maximum Gasteiger partial charge on any atom is 0.490 e. The normalized spacial score (nSPS) is 19.1. The fraction of sp³-hybridized carbons (Fsp3) is 0.476. The van der Waals surface area contributed by atoms with Crippen LogP contribution in [0.15, 0.2) is 35.6 Å². The summed E-state index contributed by atoms with van der Waals surface area (Å²) in [6.07, 6.45) is -11.4. The summed E-state index contributed by atoms with van der Waals surface area (Å²) < 4.78 is 110. The van der Waals surface area contributed by atoms with Crippen molar-refractivity contribution in [2.75, 3.05) is 32.8 Å². The van der Waals surface area contributed by atoms with Gasteiger partial charge < -0.3 is 20.6 Å². The van der Waals surface area contributed by atoms with Gasteiger partial charge in [-0.3, -0.25) is 9.80 Å². The Hall–Kier alpha value is -3.50. The summed E-state index contributed by atoms with van der Waals surface area (Å²) in [7, 11) is 0. The molecule has 3 aliphatic heterocycles. The number of amidine groups is 1. The van der Waals surface area contributed by atoms with Gasteiger partial charge in [-0.1, -0.05) is 0 Å². The van der Waals surface area contributed by atoms with Crippen LogP contribution in [0.1, 0.15) is 23.1 Å². The van der Waals surface area contributed by atoms with Crippen LogP contribution in [-0.2, 0) is 21.9 Å². The Balaban J connectivity index is 0.000000505. The van der Waals surface area contributed by atoms with E-state index in [2.05, 4.69) is 15.7 Å². The maximum absolute atomic E-state index is 13.0. The fourth-order valence-electron chi connectivity index (χ4n) is 3.84. The van der Waals surface area contributed by atoms with E-state index < -0.39 is 35.6 Å². The van der Waals surface area contributed by atoms with Gasteiger partial charge in [0.05, 0.1) is 11.1 Å². The summed E-state index contributed by atoms with van der Waals surface area (Å²) in [5.41, 5.74) is -3.04. The first kappa shape index (κ1) is 29.1. The highest BCUT2D eigenvalue weighted by atomic mass is 19.4. The number of aliphatic carboxylic acids is 1. The van der Waals surface area contributed by atoms with Crippen molar-refractivity contribution in [3.63, 3.8) is 0 Å². The maximum atomic E-state index is 13.0. The third kappa shape index (κ3) is 7.08. The van der Waals surface area contributed by atoms with Crippen LogP contribution in [0.3, 0.4) is 0 Å². The van der Waals surface area contributed by atoms with Crippen molar-refractivity contribution >= 4 is 17.7 Å². The zero-order chi connectivity index (χ0) is 28.5. The molecule has 1 aromatic carbocycles. The van der Waals surface area contributed by atoms with Crippen molar-refractivity contribution < 1.29 is 54.2 Å². The number of rotatable bonds is 3. The number of carboxylic acids is 1. The Kier molecular flexibility index (Phi) is 7.91. The van der Waals surface area contributed by atoms with Crippen LogP contribution in [0.4, 0.5) is 39.5 Å². The summed E-state index contributed by atoms with van der Waals surface area (Å²) >= 11 is 0. The molecule has 0 bridgehead atoms. The summed E-state index contributed by atoms with van der Waals surface area (Å²) in [6.45, 7) is 3.05. The highest BCUT2D eigenvalue weighted by Gasteiger charge is 2.44. The summed E-state index contributed by atoms with van der Waals surface area (Å²) in [4.78, 5) is 23.0. The molecule has 0 aromatic heterocycles. The molecule has 2 fully saturated rings. The van der Waals surface area contributed by atoms with E-state index in [4.69, 9.17) is 9.90 Å². The molecule has 3 N–H and O–H groups in total. The third-order valence-electron chi connectivity index (χ3n) is 5.88. The number of alkyl halides is 9. The molecule has 0 radical (unpaired) electrons. The van der Waals surface area contributed by atoms with Crippen LogP contribution >= 0.6 is 0 Å². The fourth-order valence-corrected chi connectivity index (χ4v) is 3.84. The summed E-state index contributed by atoms with van der Waals surface area (Å²) in [5, 5.41) is 18.2. The zero-order valence-corrected chi connectivity index (χ0v) is 19.1. The van der Waals surface area contributed by atoms with Gasteiger partial charge >= 0.3 is 24.5 Å². The Labute approximate surface area is 208 Å². The number of nitrogens with one attached hydrogen (secondary N) is 2. The minimum Gasteiger partial charge on any atom is -0.475 e. The van der Waals surface area contributed by atoms with Crippen molar-refractivity contribution in [1.29, 1.82) is 0 Å². The van der Waals surface area contributed by atoms with E-state index in [1.807, 2.05) is 0 Å². The molecule has 4 rings (SSSR count). The van der Waals surface area contributed by atoms with Gasteiger partial charge in [-0.05, 0) is 24.6 Å². The van der Waals surface area contributed by atoms with Crippen LogP contribution in [-0.4, -0.2) is 71.8 Å². The van der Waals surface area contributed by atoms with Gasteiger partial charge in [0.15, 0.2) is 5.84 Å². The highest BCUT2D eigenvalue weighted by Crippen LogP contribution is 2.37. The number of hydrogen-bond acceptors (Lipinski definition) is 6. The lowest BCUT2D eigenvalue weighted by atomic mass is 9.81. The second kappa shape index (κ2) is 10.3. The van der Waals surface area contributed by atoms with Crippen molar-refractivity contribution in [3.05, 3.63) is 47.2 Å². The van der Waals surface area contributed by atoms with E-state index in [-0.39, 0.29) is 35.5 Å². The molecule has 8 nitrogen and oxygen atoms in total. The van der Waals surface area contributed by atoms with Gasteiger partial charge in [0.1, 0.15) is 6.67 Å². The van der Waals surface area contributed by atoms with Crippen LogP contribution in [0.5, 0.6) is 0 Å². The Bertz CT molecular complexity index is 1090. The van der Waals surface area contributed by atoms with Crippen LogP contribution in [0.2, 0.25) is 0 Å². The quantitative estimate of drug-likeness (QED) is 0.388. The van der Waals surface area contributed by atoms with Gasteiger partial charge in [0.2, 0.25) is 5.91 Å². The van der Waals surface area contributed by atoms with E-state index in [1.165, 1.54) is 17.3 Å². The standard InChI is InChI=1S/C19H19F6N5O.C2HF3O2/c20-18(21,22)13-5-12(6-14(7-13)19(23,24)25)16-27-11-30(28-16)3-1-15(31)29-4-2-17(10-29)8-26-9-17;3-2(4,5)1(6)7/h1,3,5-7,26H,2,4,8-11H2,(H,27,28);(H,6,7)/b3-1-;. The molecule has 3 aliphatic rings. The number of amides is 1. The van der Waals surface area contributed by atoms with Crippen LogP contribution in [0.25, 0.3) is 0 Å². The molecule has 0 atom stereocenters. The van der Waals surface area contributed by atoms with E-state index in [1.54, 1.807) is 4.90 Å². The molecular formula is C21H20F9N5O3. The zero-order valence-electron chi connectivity index (χ0n) is 19.1. The molecule has 3 heterocycles. The van der Waals surface area contributed by atoms with Crippen LogP contribution in [0, 0.1) is 5.41 Å². The lowest BCUT2D eigenvalue weighted by molar-refractivity contribution is -0.192. The van der Waals surface area contributed by atoms with Gasteiger partial charge in [0, 0.05) is 49.4 Å². The van der Waals surface area contributed by atoms with Gasteiger partial charge in [-0.2, -0.15) is 44.6 Å². The minimum atomic E-state index is -5.08. The topological polar surface area (TPSA) is 97.3 Å². The predicted octanol–water partition coefficient (Wildman–Crippen LogP) is 3.22. The largest absolute Gasteiger partial charge is 0.490 e. The smallest absolute Gasteiger partial charge is 0.475 e. The van der Waals surface area contributed by atoms with E-state index in [9.17, 15) is 44.3 Å². The Morgan fingerprint density at radius 3 is 1.95 bits per heavy atom. The molecule has 0 saturated carbocycles. The van der Waals surface area contributed by atoms with Gasteiger partial charge in [0.25, 0.3) is 0 Å². The average molecular weight is 561 g/mol. The monoisotopic (exact) mass is 561 g/mol. The number of carbonyl (C=O) groups is 2. The molecule has 38 heavy (non-hydrogen) atoms. The molecule has 1 amide bonds. The number of nitrogens with zero attached hydrogens (tertiary/aromatic N) is 3. The number of carbonyl (C=O) groups excluding carboxylic acids is 1. The van der Waals surface area contributed by atoms with Crippen molar-refractivity contribution in [1.82, 2.24) is 20.5 Å². The molecule has 2 saturated heterocycles. The van der Waals surface area contributed by atoms with Crippen molar-refractivity contribution in [2.45, 2.75) is 24.9 Å². The second-order valence-electron chi connectivity index (χ2n) is 8.75. The molecule has 0 aliphatic carbocycles. The predicted molar refractivity (Wildman–Crippen MR) is 112 cm³/mol. The average Bonchev–Trinajstić information content (AvgIpc) is 3.43. The van der Waals surface area contributed by atoms with E-state index in [0.29, 0.717) is 25.2 Å². The Morgan fingerprint density at radius 1 is 0.974 bits per heavy atom. The van der Waals surface area contributed by atoms with E-state index >= 15 is 0 Å². The summed E-state index contributed by atoms with van der Waals surface area (Å²) in [5.74, 6) is -3.12. The number of likely N-dealkylation sites (tertiary alicyclic amines) is 1. The number of hydrazone groups is 1. The molecule has 17 heteroatoms. The first-order valence-electron chi connectivity index (χ1n) is 10.8. The molecule has 1 aromatic rings. The highest BCUT2D eigenvalue weighted by molar-refractivity contribution is 6.00. The number of benzene rings is 1. The first-order valence-corrected chi connectivity index (χ1v) is 10.8. The molecule has 0 unspecified atom stereocenters. The van der Waals surface area contributed by atoms with Gasteiger partial charge in [-0.15, -0.1) is 0 Å². The number of halogens is 9. The number of hydrogen-bond donors (Lipinski definition) is 3. The SMILES string of the molecule is O=C(/C=C\N1CNC(c2cc(C(F)(F)F)cc(C(F)(F)F)c2)=N1)N1CCC2(CNC2)C1.O=C(O)C(F)(F)F. The third-order valence-corrected chi connectivity index (χ3v) is 5.88. The number of carboxylic acid groups (broad SMARTS) is 1. The second-order valence-corrected chi connectivity index (χ2v) is 8.75. The first-order chi connectivity index (χ1) is 17.4. The van der Waals surface area contributed by atoms with Crippen molar-refractivity contribution in [2.24, 2.45) is 10.5 Å². The minimum absolute atomic E-state index is 0.00453. The van der Waals surface area contributed by atoms with Crippen LogP contribution < -0.4 is 10.6 Å².